The molecular weight excluding hydrogens is 218 g/mol. The van der Waals surface area contributed by atoms with E-state index in [1.54, 1.807) is 11.3 Å². The number of hydrogen-bond donors (Lipinski definition) is 1. The summed E-state index contributed by atoms with van der Waals surface area (Å²) in [6.45, 7) is 6.84. The van der Waals surface area contributed by atoms with Crippen LogP contribution in [0.3, 0.4) is 0 Å². The van der Waals surface area contributed by atoms with Gasteiger partial charge in [0.2, 0.25) is 0 Å². The van der Waals surface area contributed by atoms with Crippen LogP contribution in [0.25, 0.3) is 0 Å². The predicted molar refractivity (Wildman–Crippen MR) is 67.9 cm³/mol. The fraction of sp³-hybridized carbons (Fsp3) is 0.333. The monoisotopic (exact) mass is 233 g/mol. The Morgan fingerprint density at radius 3 is 2.56 bits per heavy atom. The first-order valence-electron chi connectivity index (χ1n) is 5.23. The van der Waals surface area contributed by atoms with Crippen molar-refractivity contribution in [2.45, 2.75) is 27.3 Å². The molecule has 0 radical (unpaired) electrons. The maximum atomic E-state index is 4.42. The van der Waals surface area contributed by atoms with Gasteiger partial charge in [0.05, 0.1) is 6.54 Å². The molecule has 84 valence electrons. The summed E-state index contributed by atoms with van der Waals surface area (Å²) in [5.74, 6) is 0.922. The van der Waals surface area contributed by atoms with E-state index >= 15 is 0 Å². The van der Waals surface area contributed by atoms with Gasteiger partial charge in [0.25, 0.3) is 0 Å². The SMILES string of the molecule is Cc1cc(C)nc(NCc2nc(C)cs2)c1. The van der Waals surface area contributed by atoms with Crippen LogP contribution >= 0.6 is 11.3 Å². The second-order valence-electron chi connectivity index (χ2n) is 3.91. The molecule has 0 saturated heterocycles. The van der Waals surface area contributed by atoms with Crippen LogP contribution < -0.4 is 5.32 Å². The maximum Gasteiger partial charge on any atom is 0.126 e. The van der Waals surface area contributed by atoms with E-state index in [9.17, 15) is 0 Å². The molecule has 0 saturated carbocycles. The van der Waals surface area contributed by atoms with E-state index in [4.69, 9.17) is 0 Å². The zero-order valence-corrected chi connectivity index (χ0v) is 10.6. The molecule has 2 aromatic heterocycles. The fourth-order valence-corrected chi connectivity index (χ4v) is 2.29. The molecule has 4 heteroatoms. The van der Waals surface area contributed by atoms with Gasteiger partial charge in [-0.25, -0.2) is 9.97 Å². The van der Waals surface area contributed by atoms with Gasteiger partial charge in [-0.15, -0.1) is 11.3 Å². The number of nitrogens with one attached hydrogen (secondary N) is 1. The lowest BCUT2D eigenvalue weighted by Crippen LogP contribution is -2.02. The molecule has 0 aliphatic heterocycles. The predicted octanol–water partition coefficient (Wildman–Crippen LogP) is 3.08. The van der Waals surface area contributed by atoms with E-state index in [0.717, 1.165) is 28.8 Å². The Bertz CT molecular complexity index is 471. The van der Waals surface area contributed by atoms with E-state index in [2.05, 4.69) is 33.7 Å². The second-order valence-corrected chi connectivity index (χ2v) is 4.85. The molecule has 0 aliphatic rings. The molecule has 0 atom stereocenters. The van der Waals surface area contributed by atoms with Gasteiger partial charge in [0.15, 0.2) is 0 Å². The van der Waals surface area contributed by atoms with Crippen LogP contribution in [-0.2, 0) is 6.54 Å². The summed E-state index contributed by atoms with van der Waals surface area (Å²) < 4.78 is 0. The molecule has 2 rings (SSSR count). The standard InChI is InChI=1S/C12H15N3S/c1-8-4-9(2)14-11(5-8)13-6-12-15-10(3)7-16-12/h4-5,7H,6H2,1-3H3,(H,13,14). The van der Waals surface area contributed by atoms with E-state index in [0.29, 0.717) is 0 Å². The Balaban J connectivity index is 2.04. The number of nitrogens with zero attached hydrogens (tertiary/aromatic N) is 2. The summed E-state index contributed by atoms with van der Waals surface area (Å²) in [5, 5.41) is 6.45. The maximum absolute atomic E-state index is 4.42. The average molecular weight is 233 g/mol. The van der Waals surface area contributed by atoms with Crippen molar-refractivity contribution >= 4 is 17.2 Å². The highest BCUT2D eigenvalue weighted by atomic mass is 32.1. The first-order chi connectivity index (χ1) is 7.63. The molecule has 1 N–H and O–H groups in total. The largest absolute Gasteiger partial charge is 0.364 e. The van der Waals surface area contributed by atoms with Crippen molar-refractivity contribution in [2.75, 3.05) is 5.32 Å². The van der Waals surface area contributed by atoms with E-state index < -0.39 is 0 Å². The third-order valence-electron chi connectivity index (χ3n) is 2.19. The number of pyridine rings is 1. The molecule has 3 nitrogen and oxygen atoms in total. The number of aryl methyl sites for hydroxylation is 3. The summed E-state index contributed by atoms with van der Waals surface area (Å²) in [6.07, 6.45) is 0. The molecule has 2 aromatic rings. The Hall–Kier alpha value is -1.42. The van der Waals surface area contributed by atoms with Gasteiger partial charge >= 0.3 is 0 Å². The number of hydrogen-bond acceptors (Lipinski definition) is 4. The molecular formula is C12H15N3S. The van der Waals surface area contributed by atoms with E-state index in [1.807, 2.05) is 19.9 Å². The Kier molecular flexibility index (Phi) is 3.19. The minimum Gasteiger partial charge on any atom is -0.364 e. The molecule has 0 bridgehead atoms. The Morgan fingerprint density at radius 1 is 1.12 bits per heavy atom. The zero-order chi connectivity index (χ0) is 11.5. The summed E-state index contributed by atoms with van der Waals surface area (Å²) in [4.78, 5) is 8.82. The van der Waals surface area contributed by atoms with Crippen LogP contribution in [0, 0.1) is 20.8 Å². The quantitative estimate of drug-likeness (QED) is 0.885. The van der Waals surface area contributed by atoms with Crippen molar-refractivity contribution in [3.8, 4) is 0 Å². The van der Waals surface area contributed by atoms with Crippen LogP contribution in [0.1, 0.15) is 22.0 Å². The van der Waals surface area contributed by atoms with Gasteiger partial charge in [-0.2, -0.15) is 0 Å². The van der Waals surface area contributed by atoms with Crippen molar-refractivity contribution < 1.29 is 0 Å². The number of thiazole rings is 1. The Morgan fingerprint density at radius 2 is 1.94 bits per heavy atom. The molecule has 2 heterocycles. The third kappa shape index (κ3) is 2.79. The molecule has 16 heavy (non-hydrogen) atoms. The number of aromatic nitrogens is 2. The normalized spacial score (nSPS) is 10.4. The van der Waals surface area contributed by atoms with Gasteiger partial charge in [0, 0.05) is 16.8 Å². The van der Waals surface area contributed by atoms with Crippen LogP contribution in [0.5, 0.6) is 0 Å². The van der Waals surface area contributed by atoms with Gasteiger partial charge in [-0.3, -0.25) is 0 Å². The van der Waals surface area contributed by atoms with Crippen molar-refractivity contribution in [3.63, 3.8) is 0 Å². The Labute approximate surface area is 99.6 Å². The smallest absolute Gasteiger partial charge is 0.126 e. The number of anilines is 1. The van der Waals surface area contributed by atoms with E-state index in [1.165, 1.54) is 5.56 Å². The highest BCUT2D eigenvalue weighted by Gasteiger charge is 2.00. The van der Waals surface area contributed by atoms with E-state index in [-0.39, 0.29) is 0 Å². The lowest BCUT2D eigenvalue weighted by Gasteiger charge is -2.05. The summed E-state index contributed by atoms with van der Waals surface area (Å²) in [5.41, 5.74) is 3.35. The highest BCUT2D eigenvalue weighted by molar-refractivity contribution is 7.09. The second kappa shape index (κ2) is 4.61. The molecule has 0 spiro atoms. The van der Waals surface area contributed by atoms with Crippen LogP contribution in [-0.4, -0.2) is 9.97 Å². The van der Waals surface area contributed by atoms with Gasteiger partial charge in [-0.05, 0) is 38.5 Å². The summed E-state index contributed by atoms with van der Waals surface area (Å²) in [6, 6.07) is 4.12. The fourth-order valence-electron chi connectivity index (χ4n) is 1.58. The molecule has 0 aliphatic carbocycles. The molecule has 0 unspecified atom stereocenters. The van der Waals surface area contributed by atoms with Crippen LogP contribution in [0.2, 0.25) is 0 Å². The van der Waals surface area contributed by atoms with Gasteiger partial charge in [-0.1, -0.05) is 0 Å². The van der Waals surface area contributed by atoms with Gasteiger partial charge < -0.3 is 5.32 Å². The van der Waals surface area contributed by atoms with Crippen molar-refractivity contribution in [1.29, 1.82) is 0 Å². The molecule has 0 fully saturated rings. The first kappa shape index (κ1) is 11.1. The van der Waals surface area contributed by atoms with Crippen molar-refractivity contribution in [2.24, 2.45) is 0 Å². The number of rotatable bonds is 3. The van der Waals surface area contributed by atoms with Crippen molar-refractivity contribution in [1.82, 2.24) is 9.97 Å². The topological polar surface area (TPSA) is 37.8 Å². The lowest BCUT2D eigenvalue weighted by atomic mass is 10.2. The summed E-state index contributed by atoms with van der Waals surface area (Å²) >= 11 is 1.68. The van der Waals surface area contributed by atoms with Crippen molar-refractivity contribution in [3.05, 3.63) is 39.5 Å². The molecule has 0 aromatic carbocycles. The minimum atomic E-state index is 0.744. The highest BCUT2D eigenvalue weighted by Crippen LogP contribution is 2.13. The average Bonchev–Trinajstić information content (AvgIpc) is 2.60. The van der Waals surface area contributed by atoms with Gasteiger partial charge in [0.1, 0.15) is 10.8 Å². The van der Waals surface area contributed by atoms with Crippen LogP contribution in [0.15, 0.2) is 17.5 Å². The first-order valence-corrected chi connectivity index (χ1v) is 6.11. The zero-order valence-electron chi connectivity index (χ0n) is 9.74. The van der Waals surface area contributed by atoms with Crippen LogP contribution in [0.4, 0.5) is 5.82 Å². The third-order valence-corrected chi connectivity index (χ3v) is 3.15. The minimum absolute atomic E-state index is 0.744. The summed E-state index contributed by atoms with van der Waals surface area (Å²) in [7, 11) is 0. The molecule has 0 amide bonds. The lowest BCUT2D eigenvalue weighted by molar-refractivity contribution is 1.04.